The van der Waals surface area contributed by atoms with Gasteiger partial charge in [-0.05, 0) is 31.7 Å². The van der Waals surface area contributed by atoms with Crippen molar-refractivity contribution in [2.24, 2.45) is 0 Å². The van der Waals surface area contributed by atoms with Gasteiger partial charge in [-0.15, -0.1) is 0 Å². The van der Waals surface area contributed by atoms with Gasteiger partial charge in [0.25, 0.3) is 5.91 Å². The molecule has 0 fully saturated rings. The van der Waals surface area contributed by atoms with Crippen molar-refractivity contribution in [1.29, 1.82) is 0 Å². The van der Waals surface area contributed by atoms with E-state index < -0.39 is 0 Å². The second-order valence-corrected chi connectivity index (χ2v) is 4.90. The Labute approximate surface area is 128 Å². The number of aromatic nitrogens is 2. The number of hydrogen-bond acceptors (Lipinski definition) is 6. The molecule has 2 heterocycles. The number of likely N-dealkylation sites (N-methyl/N-ethyl adjacent to an activating group) is 1. The number of carbonyl (C=O) groups is 1. The molecule has 1 N–H and O–H groups in total. The van der Waals surface area contributed by atoms with Crippen molar-refractivity contribution in [3.05, 3.63) is 24.1 Å². The van der Waals surface area contributed by atoms with E-state index >= 15 is 0 Å². The molecular formula is C15H18N4O3. The lowest BCUT2D eigenvalue weighted by Crippen LogP contribution is -2.38. The summed E-state index contributed by atoms with van der Waals surface area (Å²) in [5.74, 6) is 1.69. The van der Waals surface area contributed by atoms with Crippen LogP contribution < -0.4 is 15.0 Å². The molecule has 0 spiro atoms. The molecule has 2 aromatic rings. The van der Waals surface area contributed by atoms with Crippen molar-refractivity contribution in [3.8, 4) is 17.1 Å². The highest BCUT2D eigenvalue weighted by Gasteiger charge is 2.25. The fourth-order valence-corrected chi connectivity index (χ4v) is 2.36. The van der Waals surface area contributed by atoms with E-state index in [2.05, 4.69) is 15.5 Å². The molecule has 0 atom stereocenters. The van der Waals surface area contributed by atoms with Crippen LogP contribution >= 0.6 is 0 Å². The summed E-state index contributed by atoms with van der Waals surface area (Å²) in [4.78, 5) is 17.9. The smallest absolute Gasteiger partial charge is 0.265 e. The summed E-state index contributed by atoms with van der Waals surface area (Å²) in [7, 11) is 0. The third-order valence-electron chi connectivity index (χ3n) is 3.47. The minimum Gasteiger partial charge on any atom is -0.482 e. The Kier molecular flexibility index (Phi) is 4.06. The van der Waals surface area contributed by atoms with Gasteiger partial charge in [-0.3, -0.25) is 4.79 Å². The van der Waals surface area contributed by atoms with E-state index in [1.54, 1.807) is 4.90 Å². The Morgan fingerprint density at radius 2 is 2.23 bits per heavy atom. The zero-order valence-corrected chi connectivity index (χ0v) is 12.6. The van der Waals surface area contributed by atoms with Crippen molar-refractivity contribution in [2.75, 3.05) is 24.6 Å². The first-order chi connectivity index (χ1) is 10.7. The SMILES string of the molecule is CCNCc1nc(-c2ccc3c(c2)N(CC)C(=O)CO3)no1. The van der Waals surface area contributed by atoms with Gasteiger partial charge in [-0.1, -0.05) is 12.1 Å². The first-order valence-electron chi connectivity index (χ1n) is 7.33. The maximum Gasteiger partial charge on any atom is 0.265 e. The van der Waals surface area contributed by atoms with Gasteiger partial charge >= 0.3 is 0 Å². The van der Waals surface area contributed by atoms with Gasteiger partial charge in [0.1, 0.15) is 5.75 Å². The average molecular weight is 302 g/mol. The van der Waals surface area contributed by atoms with Crippen molar-refractivity contribution in [2.45, 2.75) is 20.4 Å². The van der Waals surface area contributed by atoms with Gasteiger partial charge in [0, 0.05) is 12.1 Å². The molecule has 0 unspecified atom stereocenters. The van der Waals surface area contributed by atoms with Crippen molar-refractivity contribution >= 4 is 11.6 Å². The number of anilines is 1. The number of nitrogens with one attached hydrogen (secondary N) is 1. The highest BCUT2D eigenvalue weighted by Crippen LogP contribution is 2.35. The largest absolute Gasteiger partial charge is 0.482 e. The molecule has 1 amide bonds. The lowest BCUT2D eigenvalue weighted by molar-refractivity contribution is -0.121. The summed E-state index contributed by atoms with van der Waals surface area (Å²) >= 11 is 0. The summed E-state index contributed by atoms with van der Waals surface area (Å²) in [5, 5.41) is 7.12. The van der Waals surface area contributed by atoms with E-state index in [0.717, 1.165) is 17.8 Å². The van der Waals surface area contributed by atoms with Gasteiger partial charge in [0.15, 0.2) is 6.61 Å². The van der Waals surface area contributed by atoms with E-state index in [1.165, 1.54) is 0 Å². The van der Waals surface area contributed by atoms with Crippen LogP contribution in [0.5, 0.6) is 5.75 Å². The molecule has 0 radical (unpaired) electrons. The second kappa shape index (κ2) is 6.15. The second-order valence-electron chi connectivity index (χ2n) is 4.90. The molecule has 1 aromatic carbocycles. The number of nitrogens with zero attached hydrogens (tertiary/aromatic N) is 3. The fourth-order valence-electron chi connectivity index (χ4n) is 2.36. The van der Waals surface area contributed by atoms with Crippen LogP contribution in [0, 0.1) is 0 Å². The van der Waals surface area contributed by atoms with Crippen LogP contribution in [0.25, 0.3) is 11.4 Å². The summed E-state index contributed by atoms with van der Waals surface area (Å²) in [6.07, 6.45) is 0. The minimum atomic E-state index is -0.0481. The lowest BCUT2D eigenvalue weighted by Gasteiger charge is -2.28. The summed E-state index contributed by atoms with van der Waals surface area (Å²) in [6.45, 7) is 5.99. The molecule has 1 aliphatic heterocycles. The lowest BCUT2D eigenvalue weighted by atomic mass is 10.1. The summed E-state index contributed by atoms with van der Waals surface area (Å²) < 4.78 is 10.7. The van der Waals surface area contributed by atoms with Crippen molar-refractivity contribution in [1.82, 2.24) is 15.5 Å². The van der Waals surface area contributed by atoms with Gasteiger partial charge in [0.2, 0.25) is 11.7 Å². The van der Waals surface area contributed by atoms with Gasteiger partial charge in [0.05, 0.1) is 12.2 Å². The van der Waals surface area contributed by atoms with Gasteiger partial charge in [-0.25, -0.2) is 0 Å². The topological polar surface area (TPSA) is 80.5 Å². The molecule has 0 aliphatic carbocycles. The Morgan fingerprint density at radius 3 is 3.00 bits per heavy atom. The van der Waals surface area contributed by atoms with Crippen LogP contribution in [0.2, 0.25) is 0 Å². The van der Waals surface area contributed by atoms with E-state index in [1.807, 2.05) is 32.0 Å². The standard InChI is InChI=1S/C15H18N4O3/c1-3-16-8-13-17-15(18-22-13)10-5-6-12-11(7-10)19(4-2)14(20)9-21-12/h5-7,16H,3-4,8-9H2,1-2H3. The average Bonchev–Trinajstić information content (AvgIpc) is 3.01. The Balaban J connectivity index is 1.91. The predicted molar refractivity (Wildman–Crippen MR) is 80.6 cm³/mol. The highest BCUT2D eigenvalue weighted by molar-refractivity contribution is 5.98. The zero-order valence-electron chi connectivity index (χ0n) is 12.6. The van der Waals surface area contributed by atoms with Crippen molar-refractivity contribution < 1.29 is 14.1 Å². The van der Waals surface area contributed by atoms with E-state index in [4.69, 9.17) is 9.26 Å². The number of benzene rings is 1. The van der Waals surface area contributed by atoms with Gasteiger partial charge < -0.3 is 19.5 Å². The third kappa shape index (κ3) is 2.67. The highest BCUT2D eigenvalue weighted by atomic mass is 16.5. The van der Waals surface area contributed by atoms with E-state index in [9.17, 15) is 4.79 Å². The van der Waals surface area contributed by atoms with Crippen LogP contribution in [0.1, 0.15) is 19.7 Å². The number of carbonyl (C=O) groups excluding carboxylic acids is 1. The molecular weight excluding hydrogens is 284 g/mol. The van der Waals surface area contributed by atoms with Crippen LogP contribution in [0.3, 0.4) is 0 Å². The molecule has 7 nitrogen and oxygen atoms in total. The molecule has 0 saturated carbocycles. The normalized spacial score (nSPS) is 13.9. The Bertz CT molecular complexity index is 683. The van der Waals surface area contributed by atoms with Crippen LogP contribution in [-0.4, -0.2) is 35.7 Å². The maximum absolute atomic E-state index is 11.9. The maximum atomic E-state index is 11.9. The molecule has 3 rings (SSSR count). The summed E-state index contributed by atoms with van der Waals surface area (Å²) in [6, 6.07) is 5.56. The number of ether oxygens (including phenoxy) is 1. The van der Waals surface area contributed by atoms with Crippen molar-refractivity contribution in [3.63, 3.8) is 0 Å². The molecule has 7 heteroatoms. The minimum absolute atomic E-state index is 0.0481. The number of amides is 1. The molecule has 1 aromatic heterocycles. The monoisotopic (exact) mass is 302 g/mol. The number of rotatable bonds is 5. The molecule has 22 heavy (non-hydrogen) atoms. The predicted octanol–water partition coefficient (Wildman–Crippen LogP) is 1.59. The molecule has 0 bridgehead atoms. The zero-order chi connectivity index (χ0) is 15.5. The number of fused-ring (bicyclic) bond motifs is 1. The molecule has 0 saturated heterocycles. The van der Waals surface area contributed by atoms with Gasteiger partial charge in [-0.2, -0.15) is 4.98 Å². The Morgan fingerprint density at radius 1 is 1.36 bits per heavy atom. The first-order valence-corrected chi connectivity index (χ1v) is 7.33. The van der Waals surface area contributed by atoms with Crippen LogP contribution in [-0.2, 0) is 11.3 Å². The molecule has 1 aliphatic rings. The van der Waals surface area contributed by atoms with Crippen LogP contribution in [0.15, 0.2) is 22.7 Å². The van der Waals surface area contributed by atoms with E-state index in [-0.39, 0.29) is 12.5 Å². The Hall–Kier alpha value is -2.41. The fraction of sp³-hybridized carbons (Fsp3) is 0.400. The first kappa shape index (κ1) is 14.5. The van der Waals surface area contributed by atoms with E-state index in [0.29, 0.717) is 30.6 Å². The number of hydrogen-bond donors (Lipinski definition) is 1. The van der Waals surface area contributed by atoms with Crippen LogP contribution in [0.4, 0.5) is 5.69 Å². The third-order valence-corrected chi connectivity index (χ3v) is 3.47. The molecule has 116 valence electrons. The quantitative estimate of drug-likeness (QED) is 0.903. The summed E-state index contributed by atoms with van der Waals surface area (Å²) in [5.41, 5.74) is 1.54.